The molecule has 1 fully saturated rings. The van der Waals surface area contributed by atoms with Gasteiger partial charge in [-0.15, -0.1) is 0 Å². The van der Waals surface area contributed by atoms with E-state index in [2.05, 4.69) is 15.1 Å². The highest BCUT2D eigenvalue weighted by molar-refractivity contribution is 5.69. The maximum absolute atomic E-state index is 11.0. The zero-order valence-electron chi connectivity index (χ0n) is 13.6. The van der Waals surface area contributed by atoms with E-state index >= 15 is 0 Å². The number of aromatic nitrogens is 4. The Kier molecular flexibility index (Phi) is 4.41. The number of aliphatic carboxylic acids is 1. The van der Waals surface area contributed by atoms with Crippen LogP contribution < -0.4 is 0 Å². The minimum absolute atomic E-state index is 0.165. The maximum atomic E-state index is 11.0. The van der Waals surface area contributed by atoms with Crippen LogP contribution in [0.4, 0.5) is 0 Å². The molecule has 122 valence electrons. The summed E-state index contributed by atoms with van der Waals surface area (Å²) in [6, 6.07) is 4.01. The Morgan fingerprint density at radius 1 is 1.22 bits per heavy atom. The second kappa shape index (κ2) is 6.48. The molecular weight excluding hydrogens is 292 g/mol. The first-order valence-corrected chi connectivity index (χ1v) is 8.10. The lowest BCUT2D eigenvalue weighted by molar-refractivity contribution is -0.143. The SMILES string of the molecule is Cc1cc(C)n(-c2cc(CC3CCC(C(=O)O)CC3)ncn2)n1. The van der Waals surface area contributed by atoms with Crippen LogP contribution in [0.2, 0.25) is 0 Å². The van der Waals surface area contributed by atoms with Crippen LogP contribution in [0.15, 0.2) is 18.5 Å². The molecule has 0 aliphatic heterocycles. The highest BCUT2D eigenvalue weighted by Crippen LogP contribution is 2.31. The van der Waals surface area contributed by atoms with Gasteiger partial charge < -0.3 is 5.11 Å². The first kappa shape index (κ1) is 15.6. The molecule has 0 atom stereocenters. The quantitative estimate of drug-likeness (QED) is 0.938. The molecule has 1 aliphatic rings. The summed E-state index contributed by atoms with van der Waals surface area (Å²) in [6.45, 7) is 3.97. The van der Waals surface area contributed by atoms with Crippen LogP contribution in [0, 0.1) is 25.7 Å². The molecule has 2 aromatic rings. The van der Waals surface area contributed by atoms with Gasteiger partial charge in [-0.05, 0) is 57.9 Å². The van der Waals surface area contributed by atoms with Crippen molar-refractivity contribution >= 4 is 5.97 Å². The Balaban J connectivity index is 1.69. The molecular formula is C17H22N4O2. The topological polar surface area (TPSA) is 80.9 Å². The van der Waals surface area contributed by atoms with Crippen LogP contribution in [-0.2, 0) is 11.2 Å². The number of hydrogen-bond acceptors (Lipinski definition) is 4. The highest BCUT2D eigenvalue weighted by atomic mass is 16.4. The van der Waals surface area contributed by atoms with E-state index in [1.165, 1.54) is 0 Å². The van der Waals surface area contributed by atoms with Crippen LogP contribution >= 0.6 is 0 Å². The van der Waals surface area contributed by atoms with Gasteiger partial charge in [-0.2, -0.15) is 5.10 Å². The van der Waals surface area contributed by atoms with Crippen LogP contribution in [0.1, 0.15) is 42.8 Å². The van der Waals surface area contributed by atoms with Crippen LogP contribution in [0.5, 0.6) is 0 Å². The monoisotopic (exact) mass is 314 g/mol. The predicted octanol–water partition coefficient (Wildman–Crippen LogP) is 2.71. The molecule has 2 aromatic heterocycles. The first-order valence-electron chi connectivity index (χ1n) is 8.10. The van der Waals surface area contributed by atoms with Crippen LogP contribution in [0.25, 0.3) is 5.82 Å². The van der Waals surface area contributed by atoms with Crippen LogP contribution in [0.3, 0.4) is 0 Å². The summed E-state index contributed by atoms with van der Waals surface area (Å²) in [7, 11) is 0. The number of nitrogens with zero attached hydrogens (tertiary/aromatic N) is 4. The van der Waals surface area contributed by atoms with Crippen molar-refractivity contribution in [1.29, 1.82) is 0 Å². The first-order chi connectivity index (χ1) is 11.0. The van der Waals surface area contributed by atoms with Gasteiger partial charge in [0.05, 0.1) is 11.6 Å². The molecule has 1 N–H and O–H groups in total. The molecule has 2 heterocycles. The fourth-order valence-corrected chi connectivity index (χ4v) is 3.38. The molecule has 0 aromatic carbocycles. The Hall–Kier alpha value is -2.24. The van der Waals surface area contributed by atoms with Gasteiger partial charge >= 0.3 is 5.97 Å². The Morgan fingerprint density at radius 2 is 1.96 bits per heavy atom. The van der Waals surface area contributed by atoms with Crippen molar-refractivity contribution in [3.8, 4) is 5.82 Å². The smallest absolute Gasteiger partial charge is 0.306 e. The summed E-state index contributed by atoms with van der Waals surface area (Å²) >= 11 is 0. The standard InChI is InChI=1S/C17H22N4O2/c1-11-7-12(2)21(20-11)16-9-15(18-10-19-16)8-13-3-5-14(6-4-13)17(22)23/h7,9-10,13-14H,3-6,8H2,1-2H3,(H,22,23). The van der Waals surface area contributed by atoms with Crippen molar-refractivity contribution in [1.82, 2.24) is 19.7 Å². The van der Waals surface area contributed by atoms with E-state index in [1.54, 1.807) is 6.33 Å². The molecule has 0 radical (unpaired) electrons. The van der Waals surface area contributed by atoms with Gasteiger partial charge in [-0.25, -0.2) is 14.6 Å². The van der Waals surface area contributed by atoms with E-state index in [0.29, 0.717) is 5.92 Å². The van der Waals surface area contributed by atoms with E-state index in [4.69, 9.17) is 5.11 Å². The third kappa shape index (κ3) is 3.57. The Bertz CT molecular complexity index is 702. The number of carboxylic acids is 1. The number of carbonyl (C=O) groups is 1. The molecule has 23 heavy (non-hydrogen) atoms. The van der Waals surface area contributed by atoms with Gasteiger partial charge in [0, 0.05) is 17.5 Å². The number of hydrogen-bond donors (Lipinski definition) is 1. The Morgan fingerprint density at radius 3 is 2.57 bits per heavy atom. The van der Waals surface area contributed by atoms with Gasteiger partial charge in [-0.3, -0.25) is 4.79 Å². The lowest BCUT2D eigenvalue weighted by atomic mass is 9.80. The van der Waals surface area contributed by atoms with Crippen molar-refractivity contribution in [2.45, 2.75) is 46.0 Å². The number of carboxylic acid groups (broad SMARTS) is 1. The van der Waals surface area contributed by atoms with Crippen molar-refractivity contribution in [3.05, 3.63) is 35.5 Å². The summed E-state index contributed by atoms with van der Waals surface area (Å²) in [5.74, 6) is 0.479. The third-order valence-electron chi connectivity index (χ3n) is 4.63. The maximum Gasteiger partial charge on any atom is 0.306 e. The fourth-order valence-electron chi connectivity index (χ4n) is 3.38. The average molecular weight is 314 g/mol. The Labute approximate surface area is 135 Å². The minimum atomic E-state index is -0.655. The molecule has 1 saturated carbocycles. The third-order valence-corrected chi connectivity index (χ3v) is 4.63. The van der Waals surface area contributed by atoms with E-state index in [1.807, 2.05) is 30.7 Å². The predicted molar refractivity (Wildman–Crippen MR) is 85.4 cm³/mol. The van der Waals surface area contributed by atoms with Crippen molar-refractivity contribution < 1.29 is 9.90 Å². The zero-order valence-corrected chi connectivity index (χ0v) is 13.6. The van der Waals surface area contributed by atoms with Gasteiger partial charge in [0.25, 0.3) is 0 Å². The normalized spacial score (nSPS) is 21.3. The van der Waals surface area contributed by atoms with Gasteiger partial charge in [0.2, 0.25) is 0 Å². The van der Waals surface area contributed by atoms with Gasteiger partial charge in [0.1, 0.15) is 6.33 Å². The molecule has 6 heteroatoms. The van der Waals surface area contributed by atoms with E-state index in [9.17, 15) is 4.79 Å². The second-order valence-electron chi connectivity index (χ2n) is 6.47. The van der Waals surface area contributed by atoms with Crippen molar-refractivity contribution in [2.24, 2.45) is 11.8 Å². The molecule has 0 bridgehead atoms. The average Bonchev–Trinajstić information content (AvgIpc) is 2.87. The molecule has 0 spiro atoms. The van der Waals surface area contributed by atoms with Gasteiger partial charge in [0.15, 0.2) is 5.82 Å². The molecule has 0 unspecified atom stereocenters. The van der Waals surface area contributed by atoms with Crippen molar-refractivity contribution in [3.63, 3.8) is 0 Å². The molecule has 1 aliphatic carbocycles. The summed E-state index contributed by atoms with van der Waals surface area (Å²) < 4.78 is 1.84. The second-order valence-corrected chi connectivity index (χ2v) is 6.47. The molecule has 0 amide bonds. The lowest BCUT2D eigenvalue weighted by Gasteiger charge is -2.25. The number of aryl methyl sites for hydroxylation is 2. The molecule has 3 rings (SSSR count). The van der Waals surface area contributed by atoms with Gasteiger partial charge in [-0.1, -0.05) is 0 Å². The molecule has 6 nitrogen and oxygen atoms in total. The summed E-state index contributed by atoms with van der Waals surface area (Å²) in [5.41, 5.74) is 3.02. The lowest BCUT2D eigenvalue weighted by Crippen LogP contribution is -2.22. The van der Waals surface area contributed by atoms with Crippen molar-refractivity contribution in [2.75, 3.05) is 0 Å². The highest BCUT2D eigenvalue weighted by Gasteiger charge is 2.26. The summed E-state index contributed by atoms with van der Waals surface area (Å²) in [5, 5.41) is 13.5. The number of rotatable bonds is 4. The van der Waals surface area contributed by atoms with E-state index in [-0.39, 0.29) is 5.92 Å². The van der Waals surface area contributed by atoms with E-state index in [0.717, 1.165) is 55.0 Å². The molecule has 0 saturated heterocycles. The summed E-state index contributed by atoms with van der Waals surface area (Å²) in [4.78, 5) is 19.7. The summed E-state index contributed by atoms with van der Waals surface area (Å²) in [6.07, 6.45) is 5.92. The minimum Gasteiger partial charge on any atom is -0.481 e. The van der Waals surface area contributed by atoms with Crippen LogP contribution in [-0.4, -0.2) is 30.8 Å². The largest absolute Gasteiger partial charge is 0.481 e. The zero-order chi connectivity index (χ0) is 16.4. The fraction of sp³-hybridized carbons (Fsp3) is 0.529. The van der Waals surface area contributed by atoms with E-state index < -0.39 is 5.97 Å².